The van der Waals surface area contributed by atoms with Crippen LogP contribution in [0.4, 0.5) is 11.4 Å². The fraction of sp³-hybridized carbons (Fsp3) is 0.258. The number of imidazole rings is 1. The highest BCUT2D eigenvalue weighted by Gasteiger charge is 2.18. The fourth-order valence-electron chi connectivity index (χ4n) is 4.50. The molecule has 2 aliphatic rings. The number of ether oxygens (including phenoxy) is 1. The van der Waals surface area contributed by atoms with Gasteiger partial charge < -0.3 is 19.9 Å². The van der Waals surface area contributed by atoms with E-state index in [1.807, 2.05) is 54.6 Å². The van der Waals surface area contributed by atoms with Crippen LogP contribution in [0.25, 0.3) is 22.4 Å². The van der Waals surface area contributed by atoms with Crippen molar-refractivity contribution in [3.63, 3.8) is 0 Å². The van der Waals surface area contributed by atoms with Crippen LogP contribution in [0.1, 0.15) is 28.8 Å². The average molecular weight is 505 g/mol. The van der Waals surface area contributed by atoms with Crippen LogP contribution in [-0.2, 0) is 16.0 Å². The molecule has 1 aliphatic heterocycles. The Labute approximate surface area is 221 Å². The molecule has 7 heteroatoms. The standard InChI is InChI=1S/C31H28N4O3/c36-27(13-3-21-1-2-21)19-22-4-14-28-29(20-22)34-30(33-28)23-5-7-24(8-6-23)31(37)32-25-9-11-26(12-10-25)35-15-17-38-18-16-35/h4-12,14,20-21H,1-2,15-19H2,(H,32,37)(H,33,34). The van der Waals surface area contributed by atoms with Crippen LogP contribution in [0.15, 0.2) is 66.7 Å². The lowest BCUT2D eigenvalue weighted by molar-refractivity contribution is -0.113. The number of hydrogen-bond acceptors (Lipinski definition) is 5. The lowest BCUT2D eigenvalue weighted by Crippen LogP contribution is -2.36. The van der Waals surface area contributed by atoms with Crippen molar-refractivity contribution in [1.82, 2.24) is 9.97 Å². The Kier molecular flexibility index (Phi) is 6.63. The fourth-order valence-corrected chi connectivity index (χ4v) is 4.50. The Morgan fingerprint density at radius 1 is 1.00 bits per heavy atom. The molecule has 0 spiro atoms. The maximum absolute atomic E-state index is 12.8. The Morgan fingerprint density at radius 2 is 1.76 bits per heavy atom. The van der Waals surface area contributed by atoms with Gasteiger partial charge in [-0.25, -0.2) is 4.98 Å². The molecule has 4 aromatic rings. The highest BCUT2D eigenvalue weighted by Crippen LogP contribution is 2.27. The van der Waals surface area contributed by atoms with Crippen molar-refractivity contribution >= 4 is 34.1 Å². The number of fused-ring (bicyclic) bond motifs is 1. The van der Waals surface area contributed by atoms with Gasteiger partial charge in [-0.15, -0.1) is 0 Å². The van der Waals surface area contributed by atoms with E-state index >= 15 is 0 Å². The number of Topliss-reactive ketones (excluding diaryl/α,β-unsaturated/α-hetero) is 1. The number of morpholine rings is 1. The highest BCUT2D eigenvalue weighted by molar-refractivity contribution is 6.04. The van der Waals surface area contributed by atoms with E-state index in [1.54, 1.807) is 12.1 Å². The number of rotatable bonds is 6. The number of carbonyl (C=O) groups is 2. The van der Waals surface area contributed by atoms with Crippen molar-refractivity contribution in [2.24, 2.45) is 5.92 Å². The molecule has 2 fully saturated rings. The van der Waals surface area contributed by atoms with Gasteiger partial charge >= 0.3 is 0 Å². The topological polar surface area (TPSA) is 87.3 Å². The summed E-state index contributed by atoms with van der Waals surface area (Å²) in [7, 11) is 0. The molecule has 38 heavy (non-hydrogen) atoms. The van der Waals surface area contributed by atoms with Gasteiger partial charge in [0.2, 0.25) is 5.78 Å². The van der Waals surface area contributed by atoms with Crippen molar-refractivity contribution in [3.05, 3.63) is 77.9 Å². The normalized spacial score (nSPS) is 15.1. The van der Waals surface area contributed by atoms with Crippen LogP contribution >= 0.6 is 0 Å². The zero-order valence-corrected chi connectivity index (χ0v) is 21.0. The number of H-pyrrole nitrogens is 1. The Balaban J connectivity index is 1.10. The molecule has 1 saturated heterocycles. The molecule has 1 aromatic heterocycles. The summed E-state index contributed by atoms with van der Waals surface area (Å²) in [5.41, 5.74) is 5.91. The second-order valence-electron chi connectivity index (χ2n) is 9.76. The van der Waals surface area contributed by atoms with E-state index in [0.717, 1.165) is 72.7 Å². The van der Waals surface area contributed by atoms with Crippen molar-refractivity contribution in [1.29, 1.82) is 0 Å². The maximum Gasteiger partial charge on any atom is 0.255 e. The monoisotopic (exact) mass is 504 g/mol. The summed E-state index contributed by atoms with van der Waals surface area (Å²) in [6.45, 7) is 3.22. The molecule has 1 amide bonds. The second-order valence-corrected chi connectivity index (χ2v) is 9.76. The highest BCUT2D eigenvalue weighted by atomic mass is 16.5. The lowest BCUT2D eigenvalue weighted by Gasteiger charge is -2.28. The molecule has 2 heterocycles. The van der Waals surface area contributed by atoms with Crippen LogP contribution in [0, 0.1) is 17.8 Å². The zero-order chi connectivity index (χ0) is 25.9. The number of nitrogens with zero attached hydrogens (tertiary/aromatic N) is 2. The summed E-state index contributed by atoms with van der Waals surface area (Å²) >= 11 is 0. The third-order valence-corrected chi connectivity index (χ3v) is 6.83. The minimum absolute atomic E-state index is 0.0575. The molecule has 2 N–H and O–H groups in total. The summed E-state index contributed by atoms with van der Waals surface area (Å²) in [6.07, 6.45) is 2.51. The van der Waals surface area contributed by atoms with Crippen molar-refractivity contribution in [2.45, 2.75) is 19.3 Å². The van der Waals surface area contributed by atoms with Gasteiger partial charge in [-0.05, 0) is 72.9 Å². The van der Waals surface area contributed by atoms with E-state index in [1.165, 1.54) is 0 Å². The summed E-state index contributed by atoms with van der Waals surface area (Å²) < 4.78 is 5.41. The van der Waals surface area contributed by atoms with Gasteiger partial charge in [0.15, 0.2) is 0 Å². The van der Waals surface area contributed by atoms with Gasteiger partial charge in [0.1, 0.15) is 5.82 Å². The second kappa shape index (κ2) is 10.5. The van der Waals surface area contributed by atoms with Gasteiger partial charge in [0.05, 0.1) is 24.2 Å². The van der Waals surface area contributed by atoms with Gasteiger partial charge in [-0.1, -0.05) is 24.1 Å². The molecule has 1 aliphatic carbocycles. The number of ketones is 1. The third-order valence-electron chi connectivity index (χ3n) is 6.83. The summed E-state index contributed by atoms with van der Waals surface area (Å²) in [4.78, 5) is 35.2. The zero-order valence-electron chi connectivity index (χ0n) is 21.0. The number of aromatic nitrogens is 2. The lowest BCUT2D eigenvalue weighted by atomic mass is 10.1. The first kappa shape index (κ1) is 24.0. The molecule has 1 saturated carbocycles. The average Bonchev–Trinajstić information content (AvgIpc) is 3.69. The van der Waals surface area contributed by atoms with Crippen LogP contribution in [0.2, 0.25) is 0 Å². The molecule has 0 radical (unpaired) electrons. The Bertz CT molecular complexity index is 1530. The summed E-state index contributed by atoms with van der Waals surface area (Å²) in [5, 5.41) is 2.97. The van der Waals surface area contributed by atoms with Crippen LogP contribution < -0.4 is 10.2 Å². The maximum atomic E-state index is 12.8. The first-order valence-electron chi connectivity index (χ1n) is 13.0. The molecular weight excluding hydrogens is 476 g/mol. The van der Waals surface area contributed by atoms with Gasteiger partial charge in [-0.2, -0.15) is 0 Å². The predicted molar refractivity (Wildman–Crippen MR) is 148 cm³/mol. The number of nitrogens with one attached hydrogen (secondary N) is 2. The molecule has 0 bridgehead atoms. The number of anilines is 2. The Hall–Kier alpha value is -4.41. The van der Waals surface area contributed by atoms with E-state index < -0.39 is 0 Å². The first-order chi connectivity index (χ1) is 18.6. The predicted octanol–water partition coefficient (Wildman–Crippen LogP) is 4.84. The van der Waals surface area contributed by atoms with Crippen LogP contribution in [0.5, 0.6) is 0 Å². The van der Waals surface area contributed by atoms with Crippen LogP contribution in [0.3, 0.4) is 0 Å². The number of hydrogen-bond donors (Lipinski definition) is 2. The number of benzene rings is 3. The van der Waals surface area contributed by atoms with Gasteiger partial charge in [-0.3, -0.25) is 9.59 Å². The number of aromatic amines is 1. The van der Waals surface area contributed by atoms with Crippen molar-refractivity contribution in [2.75, 3.05) is 36.5 Å². The molecule has 190 valence electrons. The van der Waals surface area contributed by atoms with Crippen molar-refractivity contribution in [3.8, 4) is 23.2 Å². The number of amides is 1. The molecular formula is C31H28N4O3. The van der Waals surface area contributed by atoms with E-state index in [-0.39, 0.29) is 11.7 Å². The first-order valence-corrected chi connectivity index (χ1v) is 13.0. The van der Waals surface area contributed by atoms with E-state index in [0.29, 0.717) is 23.7 Å². The summed E-state index contributed by atoms with van der Waals surface area (Å²) in [5.74, 6) is 6.69. The molecule has 7 nitrogen and oxygen atoms in total. The third kappa shape index (κ3) is 5.61. The largest absolute Gasteiger partial charge is 0.378 e. The van der Waals surface area contributed by atoms with E-state index in [9.17, 15) is 9.59 Å². The molecule has 0 unspecified atom stereocenters. The van der Waals surface area contributed by atoms with Crippen molar-refractivity contribution < 1.29 is 14.3 Å². The van der Waals surface area contributed by atoms with Gasteiger partial charge in [0.25, 0.3) is 5.91 Å². The van der Waals surface area contributed by atoms with Crippen LogP contribution in [-0.4, -0.2) is 48.0 Å². The summed E-state index contributed by atoms with van der Waals surface area (Å²) in [6, 6.07) is 21.0. The molecule has 3 aromatic carbocycles. The minimum atomic E-state index is -0.167. The molecule has 6 rings (SSSR count). The smallest absolute Gasteiger partial charge is 0.255 e. The van der Waals surface area contributed by atoms with E-state index in [2.05, 4.69) is 32.0 Å². The van der Waals surface area contributed by atoms with Gasteiger partial charge in [0, 0.05) is 47.9 Å². The minimum Gasteiger partial charge on any atom is -0.378 e. The van der Waals surface area contributed by atoms with E-state index in [4.69, 9.17) is 4.74 Å². The number of carbonyl (C=O) groups excluding carboxylic acids is 2. The SMILES string of the molecule is O=C(C#CC1CC1)Cc1ccc2nc(-c3ccc(C(=O)Nc4ccc(N5CCOCC5)cc4)cc3)[nH]c2c1. The Morgan fingerprint density at radius 3 is 2.50 bits per heavy atom. The molecule has 0 atom stereocenters. The quantitative estimate of drug-likeness (QED) is 0.290.